The lowest BCUT2D eigenvalue weighted by atomic mass is 10.0. The molecule has 4 rings (SSSR count). The summed E-state index contributed by atoms with van der Waals surface area (Å²) >= 11 is 0. The second-order valence-corrected chi connectivity index (χ2v) is 7.16. The van der Waals surface area contributed by atoms with Crippen LogP contribution in [-0.4, -0.2) is 30.5 Å². The van der Waals surface area contributed by atoms with Gasteiger partial charge in [-0.05, 0) is 60.7 Å². The van der Waals surface area contributed by atoms with Crippen LogP contribution in [0.25, 0.3) is 22.2 Å². The number of hydrogen-bond acceptors (Lipinski definition) is 5. The topological polar surface area (TPSA) is 92.4 Å². The zero-order valence-corrected chi connectivity index (χ0v) is 17.8. The highest BCUT2D eigenvalue weighted by Gasteiger charge is 2.15. The number of halogens is 1. The minimum atomic E-state index is -0.491. The summed E-state index contributed by atoms with van der Waals surface area (Å²) in [5, 5.41) is 3.60. The fourth-order valence-corrected chi connectivity index (χ4v) is 3.26. The van der Waals surface area contributed by atoms with Crippen molar-refractivity contribution >= 4 is 28.4 Å². The third kappa shape index (κ3) is 5.24. The number of hydrogen-bond donors (Lipinski definition) is 3. The Kier molecular flexibility index (Phi) is 6.45. The van der Waals surface area contributed by atoms with Crippen LogP contribution in [0.4, 0.5) is 10.1 Å². The number of para-hydroxylation sites is 1. The fourth-order valence-electron chi connectivity index (χ4n) is 3.26. The maximum Gasteiger partial charge on any atom is 0.270 e. The molecule has 3 N–H and O–H groups in total. The molecule has 1 aromatic heterocycles. The molecule has 0 bridgehead atoms. The molecule has 0 saturated carbocycles. The van der Waals surface area contributed by atoms with Gasteiger partial charge >= 0.3 is 0 Å². The molecule has 0 aliphatic rings. The Hall–Kier alpha value is -4.46. The van der Waals surface area contributed by atoms with E-state index in [1.165, 1.54) is 12.1 Å². The summed E-state index contributed by atoms with van der Waals surface area (Å²) in [5.41, 5.74) is 7.73. The summed E-state index contributed by atoms with van der Waals surface area (Å²) < 4.78 is 18.4. The number of pyridine rings is 1. The molecule has 33 heavy (non-hydrogen) atoms. The van der Waals surface area contributed by atoms with Crippen molar-refractivity contribution in [3.63, 3.8) is 0 Å². The van der Waals surface area contributed by atoms with Gasteiger partial charge in [0.05, 0.1) is 30.4 Å². The molecule has 7 nitrogen and oxygen atoms in total. The van der Waals surface area contributed by atoms with E-state index in [4.69, 9.17) is 4.74 Å². The van der Waals surface area contributed by atoms with Gasteiger partial charge in [-0.25, -0.2) is 9.37 Å². The molecule has 0 spiro atoms. The number of carbonyl (C=O) groups excluding carboxylic acids is 2. The van der Waals surface area contributed by atoms with Crippen molar-refractivity contribution in [2.24, 2.45) is 0 Å². The highest BCUT2D eigenvalue weighted by molar-refractivity contribution is 6.07. The lowest BCUT2D eigenvalue weighted by Gasteiger charge is -2.12. The summed E-state index contributed by atoms with van der Waals surface area (Å²) in [6.45, 7) is -0.0372. The standard InChI is InChI=1S/C25H21FN4O3/c1-33-19-12-10-18(11-13-19)27-15-24(31)29-30-25(32)21-14-23(16-6-8-17(26)9-7-16)28-22-5-3-2-4-20(21)22/h2-14,27H,15H2,1H3,(H,29,31)(H,30,32). The summed E-state index contributed by atoms with van der Waals surface area (Å²) in [7, 11) is 1.58. The molecule has 4 aromatic rings. The fraction of sp³-hybridized carbons (Fsp3) is 0.0800. The van der Waals surface area contributed by atoms with Gasteiger partial charge in [-0.3, -0.25) is 20.4 Å². The Balaban J connectivity index is 1.46. The predicted molar refractivity (Wildman–Crippen MR) is 124 cm³/mol. The minimum absolute atomic E-state index is 0.0372. The highest BCUT2D eigenvalue weighted by atomic mass is 19.1. The lowest BCUT2D eigenvalue weighted by Crippen LogP contribution is -2.44. The zero-order valence-electron chi connectivity index (χ0n) is 17.8. The quantitative estimate of drug-likeness (QED) is 0.392. The van der Waals surface area contributed by atoms with Crippen LogP contribution in [0, 0.1) is 5.82 Å². The van der Waals surface area contributed by atoms with Gasteiger partial charge in [0.25, 0.3) is 11.8 Å². The zero-order chi connectivity index (χ0) is 23.2. The molecule has 0 atom stereocenters. The van der Waals surface area contributed by atoms with Crippen molar-refractivity contribution in [2.45, 2.75) is 0 Å². The van der Waals surface area contributed by atoms with Crippen molar-refractivity contribution in [1.82, 2.24) is 15.8 Å². The lowest BCUT2D eigenvalue weighted by molar-refractivity contribution is -0.120. The third-order valence-corrected chi connectivity index (χ3v) is 4.96. The van der Waals surface area contributed by atoms with E-state index in [-0.39, 0.29) is 12.4 Å². The molecule has 0 fully saturated rings. The molecule has 8 heteroatoms. The number of hydrazine groups is 1. The van der Waals surface area contributed by atoms with Crippen molar-refractivity contribution in [2.75, 3.05) is 19.0 Å². The number of carbonyl (C=O) groups is 2. The van der Waals surface area contributed by atoms with Crippen molar-refractivity contribution in [1.29, 1.82) is 0 Å². The molecule has 0 radical (unpaired) electrons. The van der Waals surface area contributed by atoms with Gasteiger partial charge < -0.3 is 10.1 Å². The summed E-state index contributed by atoms with van der Waals surface area (Å²) in [6, 6.07) is 21.8. The Labute approximate surface area is 189 Å². The molecule has 1 heterocycles. The van der Waals surface area contributed by atoms with Gasteiger partial charge in [0.2, 0.25) is 0 Å². The Bertz CT molecular complexity index is 1290. The number of rotatable bonds is 6. The molecule has 0 aliphatic heterocycles. The number of methoxy groups -OCH3 is 1. The van der Waals surface area contributed by atoms with E-state index < -0.39 is 11.8 Å². The third-order valence-electron chi connectivity index (χ3n) is 4.96. The van der Waals surface area contributed by atoms with Gasteiger partial charge in [0, 0.05) is 16.6 Å². The Morgan fingerprint density at radius 3 is 2.39 bits per heavy atom. The van der Waals surface area contributed by atoms with Crippen LogP contribution in [0.15, 0.2) is 78.9 Å². The summed E-state index contributed by atoms with van der Waals surface area (Å²) in [6.07, 6.45) is 0. The van der Waals surface area contributed by atoms with Crippen LogP contribution < -0.4 is 20.9 Å². The first kappa shape index (κ1) is 21.8. The number of nitrogens with zero attached hydrogens (tertiary/aromatic N) is 1. The van der Waals surface area contributed by atoms with Crippen molar-refractivity contribution in [3.05, 3.63) is 90.2 Å². The summed E-state index contributed by atoms with van der Waals surface area (Å²) in [4.78, 5) is 29.7. The molecule has 2 amide bonds. The highest BCUT2D eigenvalue weighted by Crippen LogP contribution is 2.25. The van der Waals surface area contributed by atoms with Crippen LogP contribution in [0.3, 0.4) is 0 Å². The predicted octanol–water partition coefficient (Wildman–Crippen LogP) is 3.92. The van der Waals surface area contributed by atoms with Gasteiger partial charge in [0.1, 0.15) is 11.6 Å². The first-order valence-electron chi connectivity index (χ1n) is 10.2. The van der Waals surface area contributed by atoms with Crippen LogP contribution in [-0.2, 0) is 4.79 Å². The van der Waals surface area contributed by atoms with Crippen LogP contribution in [0.2, 0.25) is 0 Å². The monoisotopic (exact) mass is 444 g/mol. The molecule has 0 unspecified atom stereocenters. The van der Waals surface area contributed by atoms with E-state index in [9.17, 15) is 14.0 Å². The second kappa shape index (κ2) is 9.78. The van der Waals surface area contributed by atoms with E-state index >= 15 is 0 Å². The normalized spacial score (nSPS) is 10.5. The second-order valence-electron chi connectivity index (χ2n) is 7.16. The average molecular weight is 444 g/mol. The van der Waals surface area contributed by atoms with Gasteiger partial charge in [-0.1, -0.05) is 18.2 Å². The number of aromatic nitrogens is 1. The van der Waals surface area contributed by atoms with Gasteiger partial charge in [0.15, 0.2) is 0 Å². The minimum Gasteiger partial charge on any atom is -0.497 e. The molecule has 3 aromatic carbocycles. The number of fused-ring (bicyclic) bond motifs is 1. The number of anilines is 1. The van der Waals surface area contributed by atoms with Crippen LogP contribution in [0.1, 0.15) is 10.4 Å². The van der Waals surface area contributed by atoms with E-state index in [0.29, 0.717) is 33.5 Å². The van der Waals surface area contributed by atoms with Crippen molar-refractivity contribution in [3.8, 4) is 17.0 Å². The average Bonchev–Trinajstić information content (AvgIpc) is 2.86. The van der Waals surface area contributed by atoms with Gasteiger partial charge in [-0.2, -0.15) is 0 Å². The Morgan fingerprint density at radius 2 is 1.67 bits per heavy atom. The number of nitrogens with one attached hydrogen (secondary N) is 3. The van der Waals surface area contributed by atoms with E-state index in [1.807, 2.05) is 6.07 Å². The number of benzene rings is 3. The molecular weight excluding hydrogens is 423 g/mol. The summed E-state index contributed by atoms with van der Waals surface area (Å²) in [5.74, 6) is -0.559. The van der Waals surface area contributed by atoms with E-state index in [2.05, 4.69) is 21.2 Å². The maximum atomic E-state index is 13.3. The maximum absolute atomic E-state index is 13.3. The number of amides is 2. The van der Waals surface area contributed by atoms with E-state index in [0.717, 1.165) is 5.69 Å². The van der Waals surface area contributed by atoms with Gasteiger partial charge in [-0.15, -0.1) is 0 Å². The molecule has 0 aliphatic carbocycles. The SMILES string of the molecule is COc1ccc(NCC(=O)NNC(=O)c2cc(-c3ccc(F)cc3)nc3ccccc23)cc1. The smallest absolute Gasteiger partial charge is 0.270 e. The number of ether oxygens (including phenoxy) is 1. The molecule has 0 saturated heterocycles. The largest absolute Gasteiger partial charge is 0.497 e. The first-order chi connectivity index (χ1) is 16.0. The molecule has 166 valence electrons. The Morgan fingerprint density at radius 1 is 0.939 bits per heavy atom. The van der Waals surface area contributed by atoms with Crippen molar-refractivity contribution < 1.29 is 18.7 Å². The van der Waals surface area contributed by atoms with Crippen LogP contribution >= 0.6 is 0 Å². The van der Waals surface area contributed by atoms with Crippen LogP contribution in [0.5, 0.6) is 5.75 Å². The van der Waals surface area contributed by atoms with E-state index in [1.54, 1.807) is 67.8 Å². The molecular formula is C25H21FN4O3. The first-order valence-corrected chi connectivity index (χ1v) is 10.2.